The van der Waals surface area contributed by atoms with Crippen molar-refractivity contribution in [3.8, 4) is 0 Å². The second-order valence-corrected chi connectivity index (χ2v) is 6.46. The number of aromatic nitrogens is 1. The molecule has 0 aliphatic carbocycles. The van der Waals surface area contributed by atoms with E-state index in [0.29, 0.717) is 11.0 Å². The summed E-state index contributed by atoms with van der Waals surface area (Å²) in [5.74, 6) is 0.386. The molecule has 0 radical (unpaired) electrons. The lowest BCUT2D eigenvalue weighted by molar-refractivity contribution is 0.245. The highest BCUT2D eigenvalue weighted by molar-refractivity contribution is 7.15. The molecular weight excluding hydrogens is 260 g/mol. The summed E-state index contributed by atoms with van der Waals surface area (Å²) in [4.78, 5) is 17.5. The molecule has 2 rings (SSSR count). The van der Waals surface area contributed by atoms with Gasteiger partial charge in [0.25, 0.3) is 0 Å². The highest BCUT2D eigenvalue weighted by atomic mass is 32.1. The van der Waals surface area contributed by atoms with Crippen molar-refractivity contribution < 1.29 is 4.79 Å². The molecule has 3 N–H and O–H groups in total. The number of carbonyl (C=O) groups is 1. The zero-order valence-corrected chi connectivity index (χ0v) is 12.6. The Morgan fingerprint density at radius 1 is 1.53 bits per heavy atom. The van der Waals surface area contributed by atoms with Crippen molar-refractivity contribution >= 4 is 22.5 Å². The van der Waals surface area contributed by atoms with E-state index in [1.807, 2.05) is 6.92 Å². The number of piperidine rings is 1. The van der Waals surface area contributed by atoms with E-state index >= 15 is 0 Å². The number of aryl methyl sites for hydroxylation is 1. The van der Waals surface area contributed by atoms with Crippen molar-refractivity contribution in [3.05, 3.63) is 10.6 Å². The number of hydrogen-bond donors (Lipinski definition) is 3. The molecule has 5 nitrogen and oxygen atoms in total. The van der Waals surface area contributed by atoms with Gasteiger partial charge >= 0.3 is 6.03 Å². The lowest BCUT2D eigenvalue weighted by Gasteiger charge is -2.23. The van der Waals surface area contributed by atoms with Gasteiger partial charge in [0.2, 0.25) is 0 Å². The fraction of sp³-hybridized carbons (Fsp3) is 0.692. The van der Waals surface area contributed by atoms with Gasteiger partial charge in [-0.25, -0.2) is 9.78 Å². The molecular formula is C13H22N4OS. The van der Waals surface area contributed by atoms with Crippen LogP contribution < -0.4 is 16.0 Å². The molecule has 1 saturated heterocycles. The molecule has 0 spiro atoms. The number of nitrogens with zero attached hydrogens (tertiary/aromatic N) is 1. The van der Waals surface area contributed by atoms with E-state index < -0.39 is 0 Å². The Morgan fingerprint density at radius 3 is 2.89 bits per heavy atom. The van der Waals surface area contributed by atoms with Crippen LogP contribution in [0.4, 0.5) is 9.93 Å². The molecule has 2 heterocycles. The molecule has 1 aromatic rings. The zero-order valence-electron chi connectivity index (χ0n) is 11.7. The van der Waals surface area contributed by atoms with E-state index in [2.05, 4.69) is 34.8 Å². The molecule has 0 unspecified atom stereocenters. The van der Waals surface area contributed by atoms with Crippen molar-refractivity contribution in [2.45, 2.75) is 45.6 Å². The topological polar surface area (TPSA) is 66.1 Å². The van der Waals surface area contributed by atoms with Crippen LogP contribution in [0.2, 0.25) is 0 Å². The van der Waals surface area contributed by atoms with Crippen LogP contribution in [0.15, 0.2) is 0 Å². The van der Waals surface area contributed by atoms with Crippen LogP contribution in [0, 0.1) is 6.92 Å². The zero-order chi connectivity index (χ0) is 13.8. The Bertz CT molecular complexity index is 438. The summed E-state index contributed by atoms with van der Waals surface area (Å²) in [6.07, 6.45) is 2.15. The first-order chi connectivity index (χ1) is 9.06. The highest BCUT2D eigenvalue weighted by Gasteiger charge is 2.17. The minimum Gasteiger partial charge on any atom is -0.334 e. The van der Waals surface area contributed by atoms with Crippen molar-refractivity contribution in [2.24, 2.45) is 0 Å². The van der Waals surface area contributed by atoms with Gasteiger partial charge < -0.3 is 10.6 Å². The van der Waals surface area contributed by atoms with Gasteiger partial charge in [0, 0.05) is 17.5 Å². The summed E-state index contributed by atoms with van der Waals surface area (Å²) >= 11 is 1.53. The fourth-order valence-corrected chi connectivity index (χ4v) is 3.25. The maximum Gasteiger partial charge on any atom is 0.321 e. The minimum atomic E-state index is -0.155. The van der Waals surface area contributed by atoms with Gasteiger partial charge in [0.1, 0.15) is 0 Å². The first kappa shape index (κ1) is 14.3. The maximum absolute atomic E-state index is 11.9. The van der Waals surface area contributed by atoms with Crippen LogP contribution in [0.1, 0.15) is 43.2 Å². The third-order valence-electron chi connectivity index (χ3n) is 3.23. The first-order valence-corrected chi connectivity index (χ1v) is 7.63. The first-order valence-electron chi connectivity index (χ1n) is 6.82. The second kappa shape index (κ2) is 6.34. The van der Waals surface area contributed by atoms with Crippen molar-refractivity contribution in [2.75, 3.05) is 18.4 Å². The molecule has 1 fully saturated rings. The second-order valence-electron chi connectivity index (χ2n) is 5.26. The standard InChI is InChI=1S/C13H22N4OS/c1-8(2)11-9(3)19-13(16-11)17-12(18)15-10-5-4-6-14-7-10/h8,10,14H,4-7H2,1-3H3,(H2,15,16,17,18)/t10-/m1/s1. The summed E-state index contributed by atoms with van der Waals surface area (Å²) < 4.78 is 0. The van der Waals surface area contributed by atoms with Gasteiger partial charge in [0.05, 0.1) is 5.69 Å². The molecule has 1 aliphatic heterocycles. The Hall–Kier alpha value is -1.14. The average molecular weight is 282 g/mol. The summed E-state index contributed by atoms with van der Waals surface area (Å²) in [6, 6.07) is 0.0668. The van der Waals surface area contributed by atoms with E-state index in [1.165, 1.54) is 16.2 Å². The van der Waals surface area contributed by atoms with E-state index in [4.69, 9.17) is 0 Å². The normalized spacial score (nSPS) is 19.5. The molecule has 0 saturated carbocycles. The number of amides is 2. The molecule has 1 aliphatic rings. The van der Waals surface area contributed by atoms with Gasteiger partial charge in [0.15, 0.2) is 5.13 Å². The van der Waals surface area contributed by atoms with Crippen molar-refractivity contribution in [1.29, 1.82) is 0 Å². The van der Waals surface area contributed by atoms with Crippen LogP contribution in [-0.2, 0) is 0 Å². The van der Waals surface area contributed by atoms with E-state index in [9.17, 15) is 4.79 Å². The van der Waals surface area contributed by atoms with Crippen LogP contribution in [0.25, 0.3) is 0 Å². The van der Waals surface area contributed by atoms with Crippen LogP contribution >= 0.6 is 11.3 Å². The lowest BCUT2D eigenvalue weighted by Crippen LogP contribution is -2.47. The van der Waals surface area contributed by atoms with E-state index in [1.54, 1.807) is 0 Å². The number of carbonyl (C=O) groups excluding carboxylic acids is 1. The molecule has 2 amide bonds. The van der Waals surface area contributed by atoms with Gasteiger partial charge in [-0.2, -0.15) is 0 Å². The smallest absolute Gasteiger partial charge is 0.321 e. The van der Waals surface area contributed by atoms with Gasteiger partial charge in [-0.05, 0) is 32.2 Å². The molecule has 106 valence electrons. The van der Waals surface area contributed by atoms with Crippen LogP contribution in [-0.4, -0.2) is 30.1 Å². The van der Waals surface area contributed by atoms with Crippen LogP contribution in [0.3, 0.4) is 0 Å². The molecule has 19 heavy (non-hydrogen) atoms. The Labute approximate surface area is 118 Å². The molecule has 0 bridgehead atoms. The average Bonchev–Trinajstić information content (AvgIpc) is 2.71. The van der Waals surface area contributed by atoms with Gasteiger partial charge in [-0.1, -0.05) is 13.8 Å². The third kappa shape index (κ3) is 3.91. The largest absolute Gasteiger partial charge is 0.334 e. The number of anilines is 1. The summed E-state index contributed by atoms with van der Waals surface area (Å²) in [5.41, 5.74) is 1.07. The number of urea groups is 1. The fourth-order valence-electron chi connectivity index (χ4n) is 2.29. The van der Waals surface area contributed by atoms with Gasteiger partial charge in [-0.15, -0.1) is 11.3 Å². The predicted molar refractivity (Wildman–Crippen MR) is 79.0 cm³/mol. The number of hydrogen-bond acceptors (Lipinski definition) is 4. The number of nitrogens with one attached hydrogen (secondary N) is 3. The summed E-state index contributed by atoms with van der Waals surface area (Å²) in [5, 5.41) is 9.77. The van der Waals surface area contributed by atoms with E-state index in [-0.39, 0.29) is 12.1 Å². The number of rotatable bonds is 3. The monoisotopic (exact) mass is 282 g/mol. The molecule has 6 heteroatoms. The lowest BCUT2D eigenvalue weighted by atomic mass is 10.1. The Kier molecular flexibility index (Phi) is 4.76. The van der Waals surface area contributed by atoms with E-state index in [0.717, 1.165) is 31.6 Å². The molecule has 1 aromatic heterocycles. The summed E-state index contributed by atoms with van der Waals surface area (Å²) in [6.45, 7) is 8.16. The Balaban J connectivity index is 1.89. The molecule has 0 aromatic carbocycles. The molecule has 1 atom stereocenters. The van der Waals surface area contributed by atoms with Crippen molar-refractivity contribution in [1.82, 2.24) is 15.6 Å². The summed E-state index contributed by atoms with van der Waals surface area (Å²) in [7, 11) is 0. The maximum atomic E-state index is 11.9. The quantitative estimate of drug-likeness (QED) is 0.798. The SMILES string of the molecule is Cc1sc(NC(=O)N[C@@H]2CCCNC2)nc1C(C)C. The number of thiazole rings is 1. The third-order valence-corrected chi connectivity index (χ3v) is 4.13. The van der Waals surface area contributed by atoms with Crippen LogP contribution in [0.5, 0.6) is 0 Å². The van der Waals surface area contributed by atoms with Gasteiger partial charge in [-0.3, -0.25) is 5.32 Å². The Morgan fingerprint density at radius 2 is 2.32 bits per heavy atom. The minimum absolute atomic E-state index is 0.155. The highest BCUT2D eigenvalue weighted by Crippen LogP contribution is 2.27. The van der Waals surface area contributed by atoms with Crippen molar-refractivity contribution in [3.63, 3.8) is 0 Å². The predicted octanol–water partition coefficient (Wildman–Crippen LogP) is 2.45.